The van der Waals surface area contributed by atoms with Crippen LogP contribution in [0.2, 0.25) is 0 Å². The molecular formula is C16H24BrNO3. The smallest absolute Gasteiger partial charge is 0.249 e. The molecular weight excluding hydrogens is 334 g/mol. The number of amides is 1. The molecule has 0 saturated heterocycles. The highest BCUT2D eigenvalue weighted by molar-refractivity contribution is 9.10. The summed E-state index contributed by atoms with van der Waals surface area (Å²) < 4.78 is 11.7. The monoisotopic (exact) mass is 357 g/mol. The third-order valence-corrected chi connectivity index (χ3v) is 3.54. The van der Waals surface area contributed by atoms with Crippen molar-refractivity contribution in [1.82, 2.24) is 5.32 Å². The molecule has 5 heteroatoms. The Hall–Kier alpha value is -0.910. The lowest BCUT2D eigenvalue weighted by molar-refractivity contribution is -0.133. The maximum Gasteiger partial charge on any atom is 0.249 e. The van der Waals surface area contributed by atoms with Crippen LogP contribution in [0.25, 0.3) is 0 Å². The minimum absolute atomic E-state index is 0.0663. The van der Waals surface area contributed by atoms with Gasteiger partial charge >= 0.3 is 0 Å². The van der Waals surface area contributed by atoms with Gasteiger partial charge in [0, 0.05) is 17.1 Å². The van der Waals surface area contributed by atoms with E-state index in [9.17, 15) is 4.79 Å². The molecule has 1 N–H and O–H groups in total. The number of halogens is 1. The van der Waals surface area contributed by atoms with Crippen LogP contribution in [0.3, 0.4) is 0 Å². The summed E-state index contributed by atoms with van der Waals surface area (Å²) in [6.07, 6.45) is 0.336. The molecule has 2 unspecified atom stereocenters. The van der Waals surface area contributed by atoms with Crippen molar-refractivity contribution in [3.8, 4) is 0 Å². The van der Waals surface area contributed by atoms with Gasteiger partial charge in [-0.3, -0.25) is 4.79 Å². The molecule has 1 amide bonds. The molecule has 2 atom stereocenters. The van der Waals surface area contributed by atoms with Crippen molar-refractivity contribution < 1.29 is 14.3 Å². The Morgan fingerprint density at radius 1 is 1.24 bits per heavy atom. The van der Waals surface area contributed by atoms with E-state index < -0.39 is 6.10 Å². The number of carbonyl (C=O) groups excluding carboxylic acids is 1. The van der Waals surface area contributed by atoms with Crippen LogP contribution in [0, 0.1) is 0 Å². The van der Waals surface area contributed by atoms with E-state index in [-0.39, 0.29) is 11.9 Å². The third kappa shape index (κ3) is 7.60. The first kappa shape index (κ1) is 18.1. The molecule has 1 rings (SSSR count). The van der Waals surface area contributed by atoms with Crippen molar-refractivity contribution >= 4 is 21.8 Å². The molecule has 4 nitrogen and oxygen atoms in total. The highest BCUT2D eigenvalue weighted by Gasteiger charge is 2.15. The predicted molar refractivity (Wildman–Crippen MR) is 87.4 cm³/mol. The fourth-order valence-corrected chi connectivity index (χ4v) is 2.15. The number of hydrogen-bond donors (Lipinski definition) is 1. The van der Waals surface area contributed by atoms with Crippen molar-refractivity contribution in [3.63, 3.8) is 0 Å². The van der Waals surface area contributed by atoms with Gasteiger partial charge in [0.2, 0.25) is 5.91 Å². The molecule has 0 aliphatic heterocycles. The molecule has 0 aliphatic carbocycles. The van der Waals surface area contributed by atoms with Gasteiger partial charge in [-0.15, -0.1) is 0 Å². The first-order chi connectivity index (χ1) is 10.0. The van der Waals surface area contributed by atoms with Crippen molar-refractivity contribution in [3.05, 3.63) is 34.3 Å². The van der Waals surface area contributed by atoms with Gasteiger partial charge in [0.1, 0.15) is 6.10 Å². The molecule has 1 aromatic rings. The second-order valence-corrected chi connectivity index (χ2v) is 5.87. The molecule has 0 heterocycles. The average Bonchev–Trinajstić information content (AvgIpc) is 2.45. The molecule has 0 radical (unpaired) electrons. The van der Waals surface area contributed by atoms with E-state index in [1.54, 1.807) is 6.92 Å². The van der Waals surface area contributed by atoms with Crippen LogP contribution in [-0.4, -0.2) is 37.9 Å². The fraction of sp³-hybridized carbons (Fsp3) is 0.562. The summed E-state index contributed by atoms with van der Waals surface area (Å²) >= 11 is 3.41. The summed E-state index contributed by atoms with van der Waals surface area (Å²) in [6, 6.07) is 8.17. The fourth-order valence-electron chi connectivity index (χ4n) is 1.89. The van der Waals surface area contributed by atoms with E-state index >= 15 is 0 Å². The van der Waals surface area contributed by atoms with Crippen LogP contribution in [0.4, 0.5) is 0 Å². The van der Waals surface area contributed by atoms with Gasteiger partial charge in [-0.2, -0.15) is 0 Å². The van der Waals surface area contributed by atoms with E-state index in [2.05, 4.69) is 33.4 Å². The molecule has 21 heavy (non-hydrogen) atoms. The summed E-state index contributed by atoms with van der Waals surface area (Å²) in [5.41, 5.74) is 1.19. The molecule has 0 bridgehead atoms. The Bertz CT molecular complexity index is 422. The Labute approximate surface area is 135 Å². The number of ether oxygens (including phenoxy) is 2. The number of rotatable bonds is 9. The van der Waals surface area contributed by atoms with E-state index in [4.69, 9.17) is 9.47 Å². The van der Waals surface area contributed by atoms with Gasteiger partial charge in [0.05, 0.1) is 13.2 Å². The molecule has 0 aliphatic rings. The van der Waals surface area contributed by atoms with Gasteiger partial charge in [0.25, 0.3) is 0 Å². The Kier molecular flexibility index (Phi) is 8.57. The minimum Gasteiger partial charge on any atom is -0.379 e. The maximum atomic E-state index is 12.0. The topological polar surface area (TPSA) is 47.6 Å². The SMILES string of the molecule is CCOCCOC(C)C(=O)NC(C)Cc1ccc(Br)cc1. The quantitative estimate of drug-likeness (QED) is 0.691. The summed E-state index contributed by atoms with van der Waals surface area (Å²) in [4.78, 5) is 12.0. The Morgan fingerprint density at radius 2 is 1.90 bits per heavy atom. The zero-order chi connectivity index (χ0) is 15.7. The van der Waals surface area contributed by atoms with E-state index in [0.29, 0.717) is 19.8 Å². The van der Waals surface area contributed by atoms with Gasteiger partial charge in [-0.25, -0.2) is 0 Å². The van der Waals surface area contributed by atoms with Gasteiger partial charge in [-0.05, 0) is 44.9 Å². The van der Waals surface area contributed by atoms with Crippen LogP contribution >= 0.6 is 15.9 Å². The number of hydrogen-bond acceptors (Lipinski definition) is 3. The van der Waals surface area contributed by atoms with Crippen LogP contribution in [0.1, 0.15) is 26.3 Å². The van der Waals surface area contributed by atoms with E-state index in [0.717, 1.165) is 10.9 Å². The second kappa shape index (κ2) is 9.92. The van der Waals surface area contributed by atoms with Gasteiger partial charge in [-0.1, -0.05) is 28.1 Å². The average molecular weight is 358 g/mol. The van der Waals surface area contributed by atoms with Crippen molar-refractivity contribution in [2.45, 2.75) is 39.3 Å². The Morgan fingerprint density at radius 3 is 2.52 bits per heavy atom. The number of benzene rings is 1. The number of nitrogens with one attached hydrogen (secondary N) is 1. The summed E-state index contributed by atoms with van der Waals surface area (Å²) in [7, 11) is 0. The summed E-state index contributed by atoms with van der Waals surface area (Å²) in [5, 5.41) is 2.97. The zero-order valence-electron chi connectivity index (χ0n) is 12.9. The predicted octanol–water partition coefficient (Wildman–Crippen LogP) is 2.94. The van der Waals surface area contributed by atoms with Crippen molar-refractivity contribution in [2.75, 3.05) is 19.8 Å². The lowest BCUT2D eigenvalue weighted by Gasteiger charge is -2.18. The summed E-state index contributed by atoms with van der Waals surface area (Å²) in [6.45, 7) is 7.29. The van der Waals surface area contributed by atoms with Crippen LogP contribution in [0.15, 0.2) is 28.7 Å². The van der Waals surface area contributed by atoms with E-state index in [1.165, 1.54) is 5.56 Å². The first-order valence-electron chi connectivity index (χ1n) is 7.27. The van der Waals surface area contributed by atoms with Crippen molar-refractivity contribution in [2.24, 2.45) is 0 Å². The maximum absolute atomic E-state index is 12.0. The lowest BCUT2D eigenvalue weighted by Crippen LogP contribution is -2.41. The zero-order valence-corrected chi connectivity index (χ0v) is 14.5. The molecule has 0 saturated carbocycles. The van der Waals surface area contributed by atoms with Crippen LogP contribution in [-0.2, 0) is 20.7 Å². The normalized spacial score (nSPS) is 13.7. The highest BCUT2D eigenvalue weighted by Crippen LogP contribution is 2.12. The third-order valence-electron chi connectivity index (χ3n) is 3.01. The largest absolute Gasteiger partial charge is 0.379 e. The van der Waals surface area contributed by atoms with E-state index in [1.807, 2.05) is 26.0 Å². The standard InChI is InChI=1S/C16H24BrNO3/c1-4-20-9-10-21-13(3)16(19)18-12(2)11-14-5-7-15(17)8-6-14/h5-8,12-13H,4,9-11H2,1-3H3,(H,18,19). The van der Waals surface area contributed by atoms with Gasteiger partial charge < -0.3 is 14.8 Å². The van der Waals surface area contributed by atoms with Gasteiger partial charge in [0.15, 0.2) is 0 Å². The van der Waals surface area contributed by atoms with Crippen molar-refractivity contribution in [1.29, 1.82) is 0 Å². The summed E-state index contributed by atoms with van der Waals surface area (Å²) in [5.74, 6) is -0.0869. The Balaban J connectivity index is 2.30. The highest BCUT2D eigenvalue weighted by atomic mass is 79.9. The lowest BCUT2D eigenvalue weighted by atomic mass is 10.1. The first-order valence-corrected chi connectivity index (χ1v) is 8.06. The molecule has 0 aromatic heterocycles. The second-order valence-electron chi connectivity index (χ2n) is 4.95. The molecule has 0 spiro atoms. The van der Waals surface area contributed by atoms with Crippen LogP contribution < -0.4 is 5.32 Å². The number of carbonyl (C=O) groups is 1. The molecule has 0 fully saturated rings. The van der Waals surface area contributed by atoms with Crippen LogP contribution in [0.5, 0.6) is 0 Å². The molecule has 1 aromatic carbocycles. The minimum atomic E-state index is -0.460. The molecule has 118 valence electrons.